The molecule has 1 aromatic carbocycles. The Morgan fingerprint density at radius 2 is 2.00 bits per heavy atom. The second-order valence-corrected chi connectivity index (χ2v) is 4.71. The molecule has 0 spiro atoms. The van der Waals surface area contributed by atoms with Gasteiger partial charge in [-0.25, -0.2) is 9.67 Å². The first-order chi connectivity index (χ1) is 9.63. The van der Waals surface area contributed by atoms with Crippen LogP contribution in [0.4, 0.5) is 0 Å². The van der Waals surface area contributed by atoms with Gasteiger partial charge in [-0.3, -0.25) is 0 Å². The van der Waals surface area contributed by atoms with Crippen molar-refractivity contribution in [2.45, 2.75) is 0 Å². The standard InChI is InChI=1S/C12H7Cl2N5O/c13-7-1-2-9(19-6-10(14)17-18-19)8(5-7)12-15-4-3-11(20)16-12/h1-6H,(H,15,16,20). The molecule has 0 unspecified atom stereocenters. The van der Waals surface area contributed by atoms with Gasteiger partial charge < -0.3 is 5.11 Å². The Bertz CT molecular complexity index is 774. The van der Waals surface area contributed by atoms with Crippen LogP contribution < -0.4 is 0 Å². The molecule has 0 amide bonds. The summed E-state index contributed by atoms with van der Waals surface area (Å²) in [5, 5.41) is 17.9. The molecule has 0 fully saturated rings. The summed E-state index contributed by atoms with van der Waals surface area (Å²) in [6.07, 6.45) is 3.01. The summed E-state index contributed by atoms with van der Waals surface area (Å²) in [6, 6.07) is 6.52. The normalized spacial score (nSPS) is 10.7. The predicted molar refractivity (Wildman–Crippen MR) is 74.1 cm³/mol. The molecule has 20 heavy (non-hydrogen) atoms. The summed E-state index contributed by atoms with van der Waals surface area (Å²) < 4.78 is 1.49. The van der Waals surface area contributed by atoms with E-state index in [0.29, 0.717) is 22.1 Å². The van der Waals surface area contributed by atoms with E-state index < -0.39 is 0 Å². The van der Waals surface area contributed by atoms with Crippen LogP contribution in [0.1, 0.15) is 0 Å². The molecule has 0 aliphatic rings. The molecule has 0 bridgehead atoms. The molecule has 3 rings (SSSR count). The maximum Gasteiger partial charge on any atom is 0.214 e. The van der Waals surface area contributed by atoms with Crippen molar-refractivity contribution in [2.24, 2.45) is 0 Å². The Balaban J connectivity index is 2.21. The number of hydrogen-bond acceptors (Lipinski definition) is 5. The fourth-order valence-corrected chi connectivity index (χ4v) is 2.03. The Morgan fingerprint density at radius 1 is 1.15 bits per heavy atom. The third-order valence-corrected chi connectivity index (χ3v) is 2.96. The zero-order valence-corrected chi connectivity index (χ0v) is 11.4. The summed E-state index contributed by atoms with van der Waals surface area (Å²) >= 11 is 11.8. The molecule has 8 heteroatoms. The highest BCUT2D eigenvalue weighted by atomic mass is 35.5. The highest BCUT2D eigenvalue weighted by Crippen LogP contribution is 2.28. The summed E-state index contributed by atoms with van der Waals surface area (Å²) in [4.78, 5) is 8.09. The second kappa shape index (κ2) is 5.07. The van der Waals surface area contributed by atoms with E-state index in [9.17, 15) is 5.11 Å². The first-order valence-electron chi connectivity index (χ1n) is 5.53. The van der Waals surface area contributed by atoms with E-state index in [-0.39, 0.29) is 11.0 Å². The lowest BCUT2D eigenvalue weighted by atomic mass is 10.1. The minimum Gasteiger partial charge on any atom is -0.493 e. The monoisotopic (exact) mass is 307 g/mol. The van der Waals surface area contributed by atoms with Gasteiger partial charge in [-0.2, -0.15) is 4.98 Å². The summed E-state index contributed by atoms with van der Waals surface area (Å²) in [7, 11) is 0. The molecule has 0 saturated heterocycles. The van der Waals surface area contributed by atoms with Gasteiger partial charge in [0.25, 0.3) is 0 Å². The fourth-order valence-electron chi connectivity index (χ4n) is 1.73. The van der Waals surface area contributed by atoms with Crippen LogP contribution >= 0.6 is 23.2 Å². The Hall–Kier alpha value is -2.18. The van der Waals surface area contributed by atoms with Crippen LogP contribution in [0.15, 0.2) is 36.7 Å². The summed E-state index contributed by atoms with van der Waals surface area (Å²) in [5.74, 6) is 0.201. The minimum absolute atomic E-state index is 0.127. The van der Waals surface area contributed by atoms with E-state index in [0.717, 1.165) is 0 Å². The minimum atomic E-state index is -0.127. The van der Waals surface area contributed by atoms with Crippen LogP contribution in [0, 0.1) is 0 Å². The van der Waals surface area contributed by atoms with Crippen molar-refractivity contribution in [1.82, 2.24) is 25.0 Å². The molecule has 0 saturated carbocycles. The molecule has 100 valence electrons. The number of nitrogens with zero attached hydrogens (tertiary/aromatic N) is 5. The summed E-state index contributed by atoms with van der Waals surface area (Å²) in [6.45, 7) is 0. The molecule has 0 radical (unpaired) electrons. The van der Waals surface area contributed by atoms with Gasteiger partial charge in [0, 0.05) is 22.8 Å². The maximum atomic E-state index is 9.47. The van der Waals surface area contributed by atoms with Gasteiger partial charge in [-0.05, 0) is 18.2 Å². The number of aromatic nitrogens is 5. The smallest absolute Gasteiger partial charge is 0.214 e. The third kappa shape index (κ3) is 2.43. The first-order valence-corrected chi connectivity index (χ1v) is 6.29. The zero-order valence-electron chi connectivity index (χ0n) is 9.90. The quantitative estimate of drug-likeness (QED) is 0.787. The molecule has 2 aromatic heterocycles. The van der Waals surface area contributed by atoms with E-state index >= 15 is 0 Å². The van der Waals surface area contributed by atoms with Crippen molar-refractivity contribution < 1.29 is 5.11 Å². The zero-order chi connectivity index (χ0) is 14.1. The Labute approximate surface area is 123 Å². The van der Waals surface area contributed by atoms with Crippen LogP contribution in [0.2, 0.25) is 10.2 Å². The maximum absolute atomic E-state index is 9.47. The molecular weight excluding hydrogens is 301 g/mol. The molecule has 0 aliphatic heterocycles. The van der Waals surface area contributed by atoms with Crippen molar-refractivity contribution in [3.05, 3.63) is 46.8 Å². The third-order valence-electron chi connectivity index (χ3n) is 2.55. The highest BCUT2D eigenvalue weighted by Gasteiger charge is 2.12. The topological polar surface area (TPSA) is 76.7 Å². The molecular formula is C12H7Cl2N5O. The number of halogens is 2. The SMILES string of the molecule is Oc1ccnc(-c2cc(Cl)ccc2-n2cc(Cl)nn2)n1. The number of hydrogen-bond donors (Lipinski definition) is 1. The van der Waals surface area contributed by atoms with E-state index in [1.54, 1.807) is 24.4 Å². The highest BCUT2D eigenvalue weighted by molar-refractivity contribution is 6.31. The van der Waals surface area contributed by atoms with Crippen molar-refractivity contribution in [2.75, 3.05) is 0 Å². The lowest BCUT2D eigenvalue weighted by Gasteiger charge is -2.08. The average Bonchev–Trinajstić information content (AvgIpc) is 2.85. The van der Waals surface area contributed by atoms with E-state index in [1.807, 2.05) is 0 Å². The van der Waals surface area contributed by atoms with Gasteiger partial charge in [-0.1, -0.05) is 28.4 Å². The molecule has 0 atom stereocenters. The average molecular weight is 308 g/mol. The van der Waals surface area contributed by atoms with Gasteiger partial charge in [0.15, 0.2) is 11.0 Å². The lowest BCUT2D eigenvalue weighted by Crippen LogP contribution is -2.00. The first kappa shape index (κ1) is 12.8. The number of rotatable bonds is 2. The van der Waals surface area contributed by atoms with Crippen molar-refractivity contribution >= 4 is 23.2 Å². The van der Waals surface area contributed by atoms with Gasteiger partial charge in [-0.15, -0.1) is 5.10 Å². The van der Waals surface area contributed by atoms with Gasteiger partial charge in [0.2, 0.25) is 5.88 Å². The van der Waals surface area contributed by atoms with Gasteiger partial charge in [0.1, 0.15) is 0 Å². The van der Waals surface area contributed by atoms with Gasteiger partial charge in [0.05, 0.1) is 11.9 Å². The number of benzene rings is 1. The predicted octanol–water partition coefficient (Wildman–Crippen LogP) is 2.74. The largest absolute Gasteiger partial charge is 0.493 e. The molecule has 2 heterocycles. The fraction of sp³-hybridized carbons (Fsp3) is 0. The van der Waals surface area contributed by atoms with Crippen LogP contribution in [-0.2, 0) is 0 Å². The Kier molecular flexibility index (Phi) is 3.25. The Morgan fingerprint density at radius 3 is 2.70 bits per heavy atom. The van der Waals surface area contributed by atoms with Crippen LogP contribution in [0.5, 0.6) is 5.88 Å². The second-order valence-electron chi connectivity index (χ2n) is 3.89. The molecule has 0 aliphatic carbocycles. The van der Waals surface area contributed by atoms with E-state index in [4.69, 9.17) is 23.2 Å². The molecule has 3 aromatic rings. The van der Waals surface area contributed by atoms with E-state index in [1.165, 1.54) is 16.9 Å². The number of aromatic hydroxyl groups is 1. The van der Waals surface area contributed by atoms with Crippen molar-refractivity contribution in [1.29, 1.82) is 0 Å². The van der Waals surface area contributed by atoms with Gasteiger partial charge >= 0.3 is 0 Å². The van der Waals surface area contributed by atoms with Crippen LogP contribution in [0.25, 0.3) is 17.1 Å². The summed E-state index contributed by atoms with van der Waals surface area (Å²) in [5.41, 5.74) is 1.26. The van der Waals surface area contributed by atoms with Crippen LogP contribution in [-0.4, -0.2) is 30.1 Å². The van der Waals surface area contributed by atoms with E-state index in [2.05, 4.69) is 20.3 Å². The van der Waals surface area contributed by atoms with Crippen molar-refractivity contribution in [3.63, 3.8) is 0 Å². The lowest BCUT2D eigenvalue weighted by molar-refractivity contribution is 0.453. The van der Waals surface area contributed by atoms with Crippen LogP contribution in [0.3, 0.4) is 0 Å². The molecule has 6 nitrogen and oxygen atoms in total. The molecule has 1 N–H and O–H groups in total. The van der Waals surface area contributed by atoms with Crippen molar-refractivity contribution in [3.8, 4) is 23.0 Å².